The average molecular weight is 386 g/mol. The maximum absolute atomic E-state index is 11.9. The molecule has 2 aromatic rings. The number of rotatable bonds is 7. The van der Waals surface area contributed by atoms with E-state index in [1.807, 2.05) is 0 Å². The van der Waals surface area contributed by atoms with Crippen LogP contribution >= 0.6 is 23.2 Å². The van der Waals surface area contributed by atoms with E-state index in [0.29, 0.717) is 10.6 Å². The van der Waals surface area contributed by atoms with Crippen LogP contribution < -0.4 is 10.6 Å². The van der Waals surface area contributed by atoms with Gasteiger partial charge < -0.3 is 20.7 Å². The second-order valence-electron chi connectivity index (χ2n) is 4.86. The molecule has 0 saturated carbocycles. The first-order valence-electron chi connectivity index (χ1n) is 7.04. The van der Waals surface area contributed by atoms with Crippen molar-refractivity contribution in [2.75, 3.05) is 13.1 Å². The predicted octanol–water partition coefficient (Wildman–Crippen LogP) is 1.64. The summed E-state index contributed by atoms with van der Waals surface area (Å²) in [6.45, 7) is 0.230. The van der Waals surface area contributed by atoms with Gasteiger partial charge >= 0.3 is 5.82 Å². The molecule has 2 N–H and O–H groups in total. The van der Waals surface area contributed by atoms with Gasteiger partial charge in [-0.15, -0.1) is 0 Å². The number of hydrogen-bond acceptors (Lipinski definition) is 5. The zero-order valence-electron chi connectivity index (χ0n) is 12.7. The van der Waals surface area contributed by atoms with Crippen molar-refractivity contribution in [1.29, 1.82) is 0 Å². The summed E-state index contributed by atoms with van der Waals surface area (Å²) in [5.74, 6) is -1.07. The van der Waals surface area contributed by atoms with Gasteiger partial charge in [0.25, 0.3) is 5.91 Å². The van der Waals surface area contributed by atoms with Crippen LogP contribution in [0.5, 0.6) is 0 Å². The molecule has 0 aliphatic heterocycles. The van der Waals surface area contributed by atoms with E-state index in [4.69, 9.17) is 23.2 Å². The summed E-state index contributed by atoms with van der Waals surface area (Å²) in [5, 5.41) is 19.9. The fourth-order valence-corrected chi connectivity index (χ4v) is 2.15. The fourth-order valence-electron chi connectivity index (χ4n) is 1.86. The molecule has 0 bridgehead atoms. The minimum atomic E-state index is -0.646. The normalized spacial score (nSPS) is 10.3. The smallest absolute Gasteiger partial charge is 0.358 e. The fraction of sp³-hybridized carbons (Fsp3) is 0.214. The predicted molar refractivity (Wildman–Crippen MR) is 90.7 cm³/mol. The van der Waals surface area contributed by atoms with Gasteiger partial charge in [0, 0.05) is 18.7 Å². The number of carbonyl (C=O) groups excluding carboxylic acids is 2. The highest BCUT2D eigenvalue weighted by molar-refractivity contribution is 6.42. The topological polar surface area (TPSA) is 119 Å². The van der Waals surface area contributed by atoms with Gasteiger partial charge in [0.1, 0.15) is 6.54 Å². The van der Waals surface area contributed by atoms with E-state index < -0.39 is 4.92 Å². The molecule has 132 valence electrons. The molecule has 0 spiro atoms. The molecular formula is C14H13Cl2N5O4. The molecule has 0 unspecified atom stereocenters. The van der Waals surface area contributed by atoms with Gasteiger partial charge in [0.05, 0.1) is 27.4 Å². The Balaban J connectivity index is 1.72. The Morgan fingerprint density at radius 2 is 1.88 bits per heavy atom. The van der Waals surface area contributed by atoms with Crippen LogP contribution in [0.3, 0.4) is 0 Å². The molecule has 25 heavy (non-hydrogen) atoms. The van der Waals surface area contributed by atoms with E-state index in [1.54, 1.807) is 0 Å². The monoisotopic (exact) mass is 385 g/mol. The summed E-state index contributed by atoms with van der Waals surface area (Å²) in [7, 11) is 0. The Kier molecular flexibility index (Phi) is 6.31. The van der Waals surface area contributed by atoms with Crippen molar-refractivity contribution >= 4 is 40.8 Å². The Morgan fingerprint density at radius 3 is 2.52 bits per heavy atom. The lowest BCUT2D eigenvalue weighted by Crippen LogP contribution is -2.36. The van der Waals surface area contributed by atoms with Crippen molar-refractivity contribution in [3.63, 3.8) is 0 Å². The van der Waals surface area contributed by atoms with Crippen LogP contribution in [0.15, 0.2) is 30.5 Å². The van der Waals surface area contributed by atoms with E-state index in [0.717, 1.165) is 4.68 Å². The number of hydrogen-bond donors (Lipinski definition) is 2. The standard InChI is InChI=1S/C14H13Cl2N5O4/c15-10-2-1-9(7-11(10)16)14(23)18-5-4-17-13(22)8-20-6-3-12(19-20)21(24)25/h1-3,6-7H,4-5,8H2,(H,17,22)(H,18,23). The van der Waals surface area contributed by atoms with Crippen molar-refractivity contribution < 1.29 is 14.5 Å². The molecule has 0 aliphatic carbocycles. The van der Waals surface area contributed by atoms with Crippen LogP contribution in [-0.2, 0) is 11.3 Å². The number of aromatic nitrogens is 2. The molecular weight excluding hydrogens is 373 g/mol. The first-order chi connectivity index (χ1) is 11.9. The number of nitrogens with zero attached hydrogens (tertiary/aromatic N) is 3. The quantitative estimate of drug-likeness (QED) is 0.426. The van der Waals surface area contributed by atoms with Crippen LogP contribution in [0.2, 0.25) is 10.0 Å². The van der Waals surface area contributed by atoms with E-state index in [-0.39, 0.29) is 42.3 Å². The minimum absolute atomic E-state index is 0.158. The molecule has 11 heteroatoms. The lowest BCUT2D eigenvalue weighted by Gasteiger charge is -2.07. The maximum Gasteiger partial charge on any atom is 0.389 e. The molecule has 0 fully saturated rings. The molecule has 1 aromatic heterocycles. The first-order valence-corrected chi connectivity index (χ1v) is 7.80. The van der Waals surface area contributed by atoms with Gasteiger partial charge in [-0.3, -0.25) is 9.59 Å². The van der Waals surface area contributed by atoms with Gasteiger partial charge in [-0.1, -0.05) is 23.2 Å². The summed E-state index contributed by atoms with van der Waals surface area (Å²) >= 11 is 11.6. The molecule has 1 heterocycles. The largest absolute Gasteiger partial charge is 0.389 e. The number of amides is 2. The summed E-state index contributed by atoms with van der Waals surface area (Å²) in [6.07, 6.45) is 1.34. The number of benzene rings is 1. The van der Waals surface area contributed by atoms with E-state index in [1.165, 1.54) is 30.5 Å². The Hall–Kier alpha value is -2.65. The lowest BCUT2D eigenvalue weighted by atomic mass is 10.2. The highest BCUT2D eigenvalue weighted by Gasteiger charge is 2.13. The summed E-state index contributed by atoms with van der Waals surface area (Å²) in [5.41, 5.74) is 0.351. The SMILES string of the molecule is O=C(Cn1ccc([N+](=O)[O-])n1)NCCNC(=O)c1ccc(Cl)c(Cl)c1. The molecule has 2 amide bonds. The highest BCUT2D eigenvalue weighted by atomic mass is 35.5. The van der Waals surface area contributed by atoms with Crippen molar-refractivity contribution in [2.24, 2.45) is 0 Å². The lowest BCUT2D eigenvalue weighted by molar-refractivity contribution is -0.389. The van der Waals surface area contributed by atoms with Gasteiger partial charge in [-0.25, -0.2) is 0 Å². The van der Waals surface area contributed by atoms with Gasteiger partial charge in [-0.2, -0.15) is 4.68 Å². The molecule has 0 radical (unpaired) electrons. The molecule has 0 atom stereocenters. The molecule has 0 saturated heterocycles. The Morgan fingerprint density at radius 1 is 1.16 bits per heavy atom. The molecule has 0 aliphatic rings. The van der Waals surface area contributed by atoms with Crippen molar-refractivity contribution in [1.82, 2.24) is 20.4 Å². The minimum Gasteiger partial charge on any atom is -0.358 e. The Bertz CT molecular complexity index is 808. The van der Waals surface area contributed by atoms with Gasteiger partial charge in [0.2, 0.25) is 5.91 Å². The second-order valence-corrected chi connectivity index (χ2v) is 5.68. The van der Waals surface area contributed by atoms with Crippen molar-refractivity contribution in [2.45, 2.75) is 6.54 Å². The summed E-state index contributed by atoms with van der Waals surface area (Å²) in [6, 6.07) is 5.70. The van der Waals surface area contributed by atoms with Crippen LogP contribution in [0, 0.1) is 10.1 Å². The third-order valence-electron chi connectivity index (χ3n) is 3.03. The molecule has 1 aromatic carbocycles. The number of carbonyl (C=O) groups is 2. The van der Waals surface area contributed by atoms with Crippen LogP contribution in [0.4, 0.5) is 5.82 Å². The van der Waals surface area contributed by atoms with E-state index in [9.17, 15) is 19.7 Å². The summed E-state index contributed by atoms with van der Waals surface area (Å²) in [4.78, 5) is 33.5. The average Bonchev–Trinajstić information content (AvgIpc) is 3.02. The van der Waals surface area contributed by atoms with E-state index >= 15 is 0 Å². The third-order valence-corrected chi connectivity index (χ3v) is 3.77. The number of halogens is 2. The van der Waals surface area contributed by atoms with Gasteiger partial charge in [-0.05, 0) is 23.1 Å². The van der Waals surface area contributed by atoms with E-state index in [2.05, 4.69) is 15.7 Å². The Labute approximate surface area is 152 Å². The zero-order valence-corrected chi connectivity index (χ0v) is 14.3. The van der Waals surface area contributed by atoms with Crippen LogP contribution in [0.25, 0.3) is 0 Å². The van der Waals surface area contributed by atoms with Crippen LogP contribution in [-0.4, -0.2) is 39.6 Å². The third kappa shape index (κ3) is 5.44. The first kappa shape index (κ1) is 18.7. The van der Waals surface area contributed by atoms with Crippen molar-refractivity contribution in [3.8, 4) is 0 Å². The number of nitrogens with one attached hydrogen (secondary N) is 2. The second kappa shape index (κ2) is 8.45. The van der Waals surface area contributed by atoms with Crippen LogP contribution in [0.1, 0.15) is 10.4 Å². The molecule has 9 nitrogen and oxygen atoms in total. The maximum atomic E-state index is 11.9. The van der Waals surface area contributed by atoms with Gasteiger partial charge in [0.15, 0.2) is 0 Å². The summed E-state index contributed by atoms with van der Waals surface area (Å²) < 4.78 is 1.15. The molecule has 2 rings (SSSR count). The highest BCUT2D eigenvalue weighted by Crippen LogP contribution is 2.22. The number of nitro groups is 1. The zero-order chi connectivity index (χ0) is 18.4. The van der Waals surface area contributed by atoms with Crippen molar-refractivity contribution in [3.05, 3.63) is 56.2 Å².